The largest absolute Gasteiger partial charge is 0.381 e. The van der Waals surface area contributed by atoms with Crippen LogP contribution in [-0.4, -0.2) is 39.2 Å². The second-order valence-electron chi connectivity index (χ2n) is 6.48. The first kappa shape index (κ1) is 16.4. The minimum atomic E-state index is -0.782. The summed E-state index contributed by atoms with van der Waals surface area (Å²) in [6, 6.07) is 1.40. The van der Waals surface area contributed by atoms with E-state index in [-0.39, 0.29) is 6.03 Å². The van der Waals surface area contributed by atoms with Gasteiger partial charge in [-0.2, -0.15) is 10.1 Å². The molecule has 1 saturated heterocycles. The van der Waals surface area contributed by atoms with Gasteiger partial charge in [-0.3, -0.25) is 5.32 Å². The highest BCUT2D eigenvalue weighted by Gasteiger charge is 2.29. The zero-order chi connectivity index (χ0) is 17.2. The molecule has 0 bridgehead atoms. The van der Waals surface area contributed by atoms with Crippen molar-refractivity contribution in [3.05, 3.63) is 24.0 Å². The predicted molar refractivity (Wildman–Crippen MR) is 85.4 cm³/mol. The van der Waals surface area contributed by atoms with Gasteiger partial charge < -0.3 is 14.6 Å². The molecule has 3 heterocycles. The highest BCUT2D eigenvalue weighted by molar-refractivity contribution is 5.88. The summed E-state index contributed by atoms with van der Waals surface area (Å²) in [5, 5.41) is 13.7. The van der Waals surface area contributed by atoms with E-state index in [1.54, 1.807) is 37.7 Å². The van der Waals surface area contributed by atoms with E-state index in [1.807, 2.05) is 0 Å². The van der Waals surface area contributed by atoms with Gasteiger partial charge in [0.2, 0.25) is 0 Å². The average Bonchev–Trinajstić information content (AvgIpc) is 3.22. The fourth-order valence-electron chi connectivity index (χ4n) is 2.59. The molecule has 0 aromatic carbocycles. The number of rotatable bonds is 5. The number of aryl methyl sites for hydroxylation is 1. The summed E-state index contributed by atoms with van der Waals surface area (Å²) in [4.78, 5) is 16.5. The highest BCUT2D eigenvalue weighted by Crippen LogP contribution is 2.19. The molecule has 2 amide bonds. The summed E-state index contributed by atoms with van der Waals surface area (Å²) < 4.78 is 12.3. The minimum Gasteiger partial charge on any atom is -0.381 e. The van der Waals surface area contributed by atoms with Gasteiger partial charge in [-0.15, -0.1) is 0 Å². The molecule has 0 saturated carbocycles. The van der Waals surface area contributed by atoms with Crippen LogP contribution in [0.5, 0.6) is 0 Å². The maximum atomic E-state index is 12.3. The van der Waals surface area contributed by atoms with E-state index >= 15 is 0 Å². The average molecular weight is 334 g/mol. The van der Waals surface area contributed by atoms with Crippen molar-refractivity contribution in [3.8, 4) is 0 Å². The van der Waals surface area contributed by atoms with Crippen molar-refractivity contribution >= 4 is 11.8 Å². The number of ether oxygens (including phenoxy) is 1. The molecule has 0 radical (unpaired) electrons. The molecular weight excluding hydrogens is 312 g/mol. The summed E-state index contributed by atoms with van der Waals surface area (Å²) in [6.45, 7) is 7.56. The monoisotopic (exact) mass is 334 g/mol. The van der Waals surface area contributed by atoms with Gasteiger partial charge in [0.15, 0.2) is 5.82 Å². The number of nitrogens with zero attached hydrogens (tertiary/aromatic N) is 4. The van der Waals surface area contributed by atoms with Crippen LogP contribution in [0.1, 0.15) is 32.0 Å². The number of aromatic nitrogens is 4. The Morgan fingerprint density at radius 2 is 2.33 bits per heavy atom. The van der Waals surface area contributed by atoms with Crippen molar-refractivity contribution in [2.75, 3.05) is 18.5 Å². The van der Waals surface area contributed by atoms with Crippen molar-refractivity contribution in [2.45, 2.75) is 39.3 Å². The lowest BCUT2D eigenvalue weighted by Gasteiger charge is -2.22. The number of anilines is 1. The van der Waals surface area contributed by atoms with E-state index < -0.39 is 5.54 Å². The molecule has 9 nitrogen and oxygen atoms in total. The lowest BCUT2D eigenvalue weighted by molar-refractivity contribution is 0.181. The van der Waals surface area contributed by atoms with E-state index in [9.17, 15) is 4.79 Å². The molecule has 2 aromatic heterocycles. The predicted octanol–water partition coefficient (Wildman–Crippen LogP) is 1.67. The van der Waals surface area contributed by atoms with Crippen molar-refractivity contribution in [3.63, 3.8) is 0 Å². The van der Waals surface area contributed by atoms with Crippen LogP contribution < -0.4 is 10.6 Å². The van der Waals surface area contributed by atoms with Gasteiger partial charge in [0, 0.05) is 25.1 Å². The van der Waals surface area contributed by atoms with Gasteiger partial charge in [-0.25, -0.2) is 9.48 Å². The Morgan fingerprint density at radius 3 is 3.00 bits per heavy atom. The van der Waals surface area contributed by atoms with E-state index in [4.69, 9.17) is 9.26 Å². The summed E-state index contributed by atoms with van der Waals surface area (Å²) in [6.07, 6.45) is 2.67. The third-order valence-corrected chi connectivity index (χ3v) is 3.90. The van der Waals surface area contributed by atoms with Crippen LogP contribution in [0.4, 0.5) is 10.6 Å². The van der Waals surface area contributed by atoms with Crippen LogP contribution in [0.25, 0.3) is 0 Å². The summed E-state index contributed by atoms with van der Waals surface area (Å²) in [5.41, 5.74) is -0.782. The first-order chi connectivity index (χ1) is 11.4. The zero-order valence-corrected chi connectivity index (χ0v) is 14.1. The second kappa shape index (κ2) is 6.60. The molecule has 2 N–H and O–H groups in total. The molecule has 1 aliphatic rings. The number of hydrogen-bond acceptors (Lipinski definition) is 6. The van der Waals surface area contributed by atoms with Crippen LogP contribution in [0.15, 0.2) is 16.8 Å². The van der Waals surface area contributed by atoms with Crippen LogP contribution in [0.2, 0.25) is 0 Å². The summed E-state index contributed by atoms with van der Waals surface area (Å²) in [7, 11) is 0. The van der Waals surface area contributed by atoms with Crippen LogP contribution in [0.3, 0.4) is 0 Å². The van der Waals surface area contributed by atoms with E-state index in [1.165, 1.54) is 0 Å². The lowest BCUT2D eigenvalue weighted by atomic mass is 10.1. The molecule has 0 unspecified atom stereocenters. The Bertz CT molecular complexity index is 702. The summed E-state index contributed by atoms with van der Waals surface area (Å²) in [5.74, 6) is 1.94. The van der Waals surface area contributed by atoms with Crippen LogP contribution >= 0.6 is 0 Å². The molecular formula is C15H22N6O3. The standard InChI is InChI=1S/C15H22N6O3/c1-10-17-13(24-20-10)15(2,3)19-14(22)18-12-4-6-16-21(12)8-11-5-7-23-9-11/h4,6,11H,5,7-9H2,1-3H3,(H2,18,19,22)/t11-/m0/s1. The fraction of sp³-hybridized carbons (Fsp3) is 0.600. The third kappa shape index (κ3) is 3.73. The van der Waals surface area contributed by atoms with E-state index in [0.29, 0.717) is 23.5 Å². The summed E-state index contributed by atoms with van der Waals surface area (Å²) >= 11 is 0. The van der Waals surface area contributed by atoms with Crippen molar-refractivity contribution in [2.24, 2.45) is 5.92 Å². The first-order valence-electron chi connectivity index (χ1n) is 7.93. The lowest BCUT2D eigenvalue weighted by Crippen LogP contribution is -2.44. The molecule has 1 atom stereocenters. The molecule has 0 aliphatic carbocycles. The van der Waals surface area contributed by atoms with Gasteiger partial charge in [-0.05, 0) is 27.2 Å². The minimum absolute atomic E-state index is 0.353. The third-order valence-electron chi connectivity index (χ3n) is 3.90. The topological polar surface area (TPSA) is 107 Å². The molecule has 3 rings (SSSR count). The molecule has 130 valence electrons. The van der Waals surface area contributed by atoms with Crippen molar-refractivity contribution < 1.29 is 14.1 Å². The number of carbonyl (C=O) groups is 1. The molecule has 1 aliphatic heterocycles. The Kier molecular flexibility index (Phi) is 4.52. The number of hydrogen-bond donors (Lipinski definition) is 2. The van der Waals surface area contributed by atoms with Gasteiger partial charge in [0.1, 0.15) is 11.4 Å². The molecule has 1 fully saturated rings. The van der Waals surface area contributed by atoms with Gasteiger partial charge in [0.25, 0.3) is 5.89 Å². The maximum Gasteiger partial charge on any atom is 0.321 e. The van der Waals surface area contributed by atoms with Gasteiger partial charge >= 0.3 is 6.03 Å². The quantitative estimate of drug-likeness (QED) is 0.861. The van der Waals surface area contributed by atoms with Crippen molar-refractivity contribution in [1.29, 1.82) is 0 Å². The Labute approximate surface area is 139 Å². The first-order valence-corrected chi connectivity index (χ1v) is 7.93. The second-order valence-corrected chi connectivity index (χ2v) is 6.48. The normalized spacial score (nSPS) is 17.9. The number of nitrogens with one attached hydrogen (secondary N) is 2. The SMILES string of the molecule is Cc1noc(C(C)(C)NC(=O)Nc2ccnn2C[C@@H]2CCOC2)n1. The highest BCUT2D eigenvalue weighted by atomic mass is 16.5. The number of carbonyl (C=O) groups excluding carboxylic acids is 1. The number of urea groups is 1. The molecule has 2 aromatic rings. The molecule has 24 heavy (non-hydrogen) atoms. The van der Waals surface area contributed by atoms with Gasteiger partial charge in [0.05, 0.1) is 12.8 Å². The molecule has 0 spiro atoms. The molecule has 9 heteroatoms. The van der Waals surface area contributed by atoms with Crippen LogP contribution in [0, 0.1) is 12.8 Å². The zero-order valence-electron chi connectivity index (χ0n) is 14.1. The van der Waals surface area contributed by atoms with E-state index in [0.717, 1.165) is 26.2 Å². The van der Waals surface area contributed by atoms with Gasteiger partial charge in [-0.1, -0.05) is 5.16 Å². The Morgan fingerprint density at radius 1 is 1.50 bits per heavy atom. The fourth-order valence-corrected chi connectivity index (χ4v) is 2.59. The number of amides is 2. The van der Waals surface area contributed by atoms with Crippen LogP contribution in [-0.2, 0) is 16.8 Å². The smallest absolute Gasteiger partial charge is 0.321 e. The Balaban J connectivity index is 1.61. The van der Waals surface area contributed by atoms with E-state index in [2.05, 4.69) is 25.9 Å². The maximum absolute atomic E-state index is 12.3. The van der Waals surface area contributed by atoms with Crippen molar-refractivity contribution in [1.82, 2.24) is 25.2 Å². The Hall–Kier alpha value is -2.42.